The summed E-state index contributed by atoms with van der Waals surface area (Å²) >= 11 is 0. The van der Waals surface area contributed by atoms with Crippen molar-refractivity contribution in [1.82, 2.24) is 4.90 Å². The van der Waals surface area contributed by atoms with Crippen LogP contribution in [0.1, 0.15) is 6.42 Å². The first kappa shape index (κ1) is 12.9. The van der Waals surface area contributed by atoms with Gasteiger partial charge in [0, 0.05) is 6.04 Å². The minimum atomic E-state index is -0.326. The van der Waals surface area contributed by atoms with Crippen molar-refractivity contribution in [2.45, 2.75) is 12.5 Å². The number of rotatable bonds is 6. The second kappa shape index (κ2) is 6.45. The SMILES string of the molecule is CN(C)C(CCN)COc1ccccc1F. The Labute approximate surface area is 96.0 Å². The molecule has 0 radical (unpaired) electrons. The topological polar surface area (TPSA) is 38.5 Å². The molecule has 1 aromatic carbocycles. The zero-order valence-corrected chi connectivity index (χ0v) is 9.82. The summed E-state index contributed by atoms with van der Waals surface area (Å²) in [6.45, 7) is 1.05. The fourth-order valence-electron chi connectivity index (χ4n) is 1.43. The van der Waals surface area contributed by atoms with E-state index in [-0.39, 0.29) is 11.9 Å². The molecule has 1 unspecified atom stereocenters. The third-order valence-corrected chi connectivity index (χ3v) is 2.50. The minimum Gasteiger partial charge on any atom is -0.489 e. The Morgan fingerprint density at radius 1 is 1.38 bits per heavy atom. The van der Waals surface area contributed by atoms with Gasteiger partial charge in [-0.25, -0.2) is 4.39 Å². The van der Waals surface area contributed by atoms with Crippen molar-refractivity contribution in [1.29, 1.82) is 0 Å². The highest BCUT2D eigenvalue weighted by molar-refractivity contribution is 5.23. The van der Waals surface area contributed by atoms with Crippen LogP contribution < -0.4 is 10.5 Å². The maximum atomic E-state index is 13.3. The molecule has 0 bridgehead atoms. The smallest absolute Gasteiger partial charge is 0.165 e. The van der Waals surface area contributed by atoms with Crippen LogP contribution in [0, 0.1) is 5.82 Å². The molecule has 0 fully saturated rings. The van der Waals surface area contributed by atoms with E-state index >= 15 is 0 Å². The van der Waals surface area contributed by atoms with Crippen LogP contribution in [0.4, 0.5) is 4.39 Å². The van der Waals surface area contributed by atoms with Crippen molar-refractivity contribution in [2.75, 3.05) is 27.2 Å². The van der Waals surface area contributed by atoms with Crippen LogP contribution in [-0.4, -0.2) is 38.2 Å². The Bertz CT molecular complexity index is 318. The summed E-state index contributed by atoms with van der Waals surface area (Å²) in [6, 6.07) is 6.63. The lowest BCUT2D eigenvalue weighted by molar-refractivity contribution is 0.174. The summed E-state index contributed by atoms with van der Waals surface area (Å²) in [5, 5.41) is 0. The average molecular weight is 226 g/mol. The first-order valence-corrected chi connectivity index (χ1v) is 5.39. The van der Waals surface area contributed by atoms with Crippen LogP contribution in [0.2, 0.25) is 0 Å². The molecule has 0 aliphatic carbocycles. The predicted octanol–water partition coefficient (Wildman–Crippen LogP) is 1.48. The summed E-state index contributed by atoms with van der Waals surface area (Å²) in [5.41, 5.74) is 5.51. The van der Waals surface area contributed by atoms with Crippen molar-refractivity contribution in [3.05, 3.63) is 30.1 Å². The van der Waals surface area contributed by atoms with Crippen LogP contribution in [0.15, 0.2) is 24.3 Å². The van der Waals surface area contributed by atoms with Crippen molar-refractivity contribution < 1.29 is 9.13 Å². The maximum Gasteiger partial charge on any atom is 0.165 e. The van der Waals surface area contributed by atoms with Crippen molar-refractivity contribution >= 4 is 0 Å². The molecule has 0 amide bonds. The molecule has 16 heavy (non-hydrogen) atoms. The highest BCUT2D eigenvalue weighted by Gasteiger charge is 2.12. The lowest BCUT2D eigenvalue weighted by atomic mass is 10.2. The molecule has 0 aliphatic rings. The summed E-state index contributed by atoms with van der Waals surface area (Å²) < 4.78 is 18.7. The number of hydrogen-bond donors (Lipinski definition) is 1. The van der Waals surface area contributed by atoms with E-state index < -0.39 is 0 Å². The minimum absolute atomic E-state index is 0.213. The Morgan fingerprint density at radius 3 is 2.62 bits per heavy atom. The predicted molar refractivity (Wildman–Crippen MR) is 63.0 cm³/mol. The second-order valence-electron chi connectivity index (χ2n) is 3.94. The Hall–Kier alpha value is -1.13. The highest BCUT2D eigenvalue weighted by atomic mass is 19.1. The molecule has 0 saturated carbocycles. The molecule has 0 aliphatic heterocycles. The van der Waals surface area contributed by atoms with Gasteiger partial charge >= 0.3 is 0 Å². The normalized spacial score (nSPS) is 12.8. The molecule has 3 nitrogen and oxygen atoms in total. The van der Waals surface area contributed by atoms with E-state index in [1.54, 1.807) is 18.2 Å². The number of hydrogen-bond acceptors (Lipinski definition) is 3. The number of halogens is 1. The van der Waals surface area contributed by atoms with Crippen molar-refractivity contribution in [2.24, 2.45) is 5.73 Å². The first-order chi connectivity index (χ1) is 7.65. The molecule has 0 spiro atoms. The number of benzene rings is 1. The summed E-state index contributed by atoms with van der Waals surface area (Å²) in [5.74, 6) is -0.0286. The van der Waals surface area contributed by atoms with Crippen molar-refractivity contribution in [3.63, 3.8) is 0 Å². The van der Waals surface area contributed by atoms with Gasteiger partial charge in [-0.05, 0) is 39.2 Å². The number of nitrogens with zero attached hydrogens (tertiary/aromatic N) is 1. The third-order valence-electron chi connectivity index (χ3n) is 2.50. The monoisotopic (exact) mass is 226 g/mol. The number of ether oxygens (including phenoxy) is 1. The van der Waals surface area contributed by atoms with Gasteiger partial charge < -0.3 is 15.4 Å². The lowest BCUT2D eigenvalue weighted by Crippen LogP contribution is -2.35. The van der Waals surface area contributed by atoms with Gasteiger partial charge in [0.25, 0.3) is 0 Å². The van der Waals surface area contributed by atoms with E-state index in [2.05, 4.69) is 0 Å². The molecule has 0 aromatic heterocycles. The lowest BCUT2D eigenvalue weighted by Gasteiger charge is -2.23. The van der Waals surface area contributed by atoms with E-state index in [9.17, 15) is 4.39 Å². The largest absolute Gasteiger partial charge is 0.489 e. The molecule has 1 aromatic rings. The van der Waals surface area contributed by atoms with E-state index in [0.717, 1.165) is 6.42 Å². The van der Waals surface area contributed by atoms with Gasteiger partial charge in [0.2, 0.25) is 0 Å². The summed E-state index contributed by atoms with van der Waals surface area (Å²) in [4.78, 5) is 2.04. The second-order valence-corrected chi connectivity index (χ2v) is 3.94. The molecule has 1 rings (SSSR count). The van der Waals surface area contributed by atoms with E-state index in [4.69, 9.17) is 10.5 Å². The van der Waals surface area contributed by atoms with Crippen LogP contribution in [0.5, 0.6) is 5.75 Å². The molecule has 4 heteroatoms. The zero-order chi connectivity index (χ0) is 12.0. The molecule has 0 saturated heterocycles. The van der Waals surface area contributed by atoms with Crippen LogP contribution >= 0.6 is 0 Å². The Kier molecular flexibility index (Phi) is 5.22. The quantitative estimate of drug-likeness (QED) is 0.798. The van der Waals surface area contributed by atoms with Gasteiger partial charge in [-0.3, -0.25) is 0 Å². The van der Waals surface area contributed by atoms with Crippen molar-refractivity contribution in [3.8, 4) is 5.75 Å². The third kappa shape index (κ3) is 3.79. The van der Waals surface area contributed by atoms with Gasteiger partial charge in [0.1, 0.15) is 6.61 Å². The molecule has 2 N–H and O–H groups in total. The van der Waals surface area contributed by atoms with E-state index in [1.165, 1.54) is 6.07 Å². The standard InChI is InChI=1S/C12H19FN2O/c1-15(2)10(7-8-14)9-16-12-6-4-3-5-11(12)13/h3-6,10H,7-9,14H2,1-2H3. The Balaban J connectivity index is 2.52. The molecule has 90 valence electrons. The molecular formula is C12H19FN2O. The zero-order valence-electron chi connectivity index (χ0n) is 9.82. The van der Waals surface area contributed by atoms with Gasteiger partial charge in [-0.15, -0.1) is 0 Å². The summed E-state index contributed by atoms with van der Waals surface area (Å²) in [6.07, 6.45) is 0.835. The molecule has 0 heterocycles. The number of para-hydroxylation sites is 1. The summed E-state index contributed by atoms with van der Waals surface area (Å²) in [7, 11) is 3.93. The van der Waals surface area contributed by atoms with Crippen LogP contribution in [0.25, 0.3) is 0 Å². The van der Waals surface area contributed by atoms with Crippen LogP contribution in [-0.2, 0) is 0 Å². The number of nitrogens with two attached hydrogens (primary N) is 1. The van der Waals surface area contributed by atoms with Gasteiger partial charge in [0.05, 0.1) is 0 Å². The number of likely N-dealkylation sites (N-methyl/N-ethyl adjacent to an activating group) is 1. The van der Waals surface area contributed by atoms with Gasteiger partial charge in [-0.1, -0.05) is 12.1 Å². The maximum absolute atomic E-state index is 13.3. The van der Waals surface area contributed by atoms with Gasteiger partial charge in [0.15, 0.2) is 11.6 Å². The fourth-order valence-corrected chi connectivity index (χ4v) is 1.43. The molecular weight excluding hydrogens is 207 g/mol. The Morgan fingerprint density at radius 2 is 2.06 bits per heavy atom. The first-order valence-electron chi connectivity index (χ1n) is 5.39. The average Bonchev–Trinajstić information content (AvgIpc) is 2.26. The van der Waals surface area contributed by atoms with E-state index in [0.29, 0.717) is 18.9 Å². The fraction of sp³-hybridized carbons (Fsp3) is 0.500. The molecule has 1 atom stereocenters. The highest BCUT2D eigenvalue weighted by Crippen LogP contribution is 2.16. The van der Waals surface area contributed by atoms with E-state index in [1.807, 2.05) is 19.0 Å². The van der Waals surface area contributed by atoms with Gasteiger partial charge in [-0.2, -0.15) is 0 Å². The van der Waals surface area contributed by atoms with Crippen LogP contribution in [0.3, 0.4) is 0 Å².